The second-order valence-electron chi connectivity index (χ2n) is 4.26. The van der Waals surface area contributed by atoms with Crippen LogP contribution in [0.5, 0.6) is 5.75 Å². The van der Waals surface area contributed by atoms with E-state index in [0.29, 0.717) is 6.61 Å². The molecule has 2 rings (SSSR count). The van der Waals surface area contributed by atoms with Gasteiger partial charge in [-0.2, -0.15) is 0 Å². The van der Waals surface area contributed by atoms with Gasteiger partial charge in [0.2, 0.25) is 5.11 Å². The van der Waals surface area contributed by atoms with Crippen molar-refractivity contribution < 1.29 is 14.2 Å². The van der Waals surface area contributed by atoms with E-state index in [4.69, 9.17) is 10.5 Å². The summed E-state index contributed by atoms with van der Waals surface area (Å²) in [5.41, 5.74) is 9.73. The SMILES string of the molecule is NC(=S)N[NH+]=Cc1ccc(OCc2ccc(F)cc2)cc1. The summed E-state index contributed by atoms with van der Waals surface area (Å²) in [6, 6.07) is 13.7. The molecule has 6 heteroatoms. The van der Waals surface area contributed by atoms with E-state index < -0.39 is 0 Å². The van der Waals surface area contributed by atoms with Crippen molar-refractivity contribution in [1.82, 2.24) is 5.43 Å². The molecule has 0 unspecified atom stereocenters. The molecule has 2 aromatic carbocycles. The quantitative estimate of drug-likeness (QED) is 0.431. The Bertz CT molecular complexity index is 626. The molecule has 0 spiro atoms. The van der Waals surface area contributed by atoms with Crippen LogP contribution in [0.15, 0.2) is 48.5 Å². The van der Waals surface area contributed by atoms with Crippen LogP contribution in [0.3, 0.4) is 0 Å². The molecule has 0 aliphatic rings. The summed E-state index contributed by atoms with van der Waals surface area (Å²) in [6.45, 7) is 0.393. The van der Waals surface area contributed by atoms with E-state index in [1.54, 1.807) is 18.3 Å². The molecule has 4 nitrogen and oxygen atoms in total. The third-order valence-corrected chi connectivity index (χ3v) is 2.74. The maximum atomic E-state index is 12.8. The van der Waals surface area contributed by atoms with Gasteiger partial charge in [-0.3, -0.25) is 0 Å². The summed E-state index contributed by atoms with van der Waals surface area (Å²) in [6.07, 6.45) is 1.73. The Labute approximate surface area is 127 Å². The smallest absolute Gasteiger partial charge is 0.221 e. The fourth-order valence-electron chi connectivity index (χ4n) is 1.60. The topological polar surface area (TPSA) is 61.2 Å². The average molecular weight is 304 g/mol. The average Bonchev–Trinajstić information content (AvgIpc) is 2.48. The summed E-state index contributed by atoms with van der Waals surface area (Å²) < 4.78 is 18.4. The molecule has 0 atom stereocenters. The van der Waals surface area contributed by atoms with Gasteiger partial charge in [-0.05, 0) is 54.2 Å². The molecule has 0 fully saturated rings. The van der Waals surface area contributed by atoms with Crippen LogP contribution in [0, 0.1) is 5.82 Å². The molecule has 0 radical (unpaired) electrons. The van der Waals surface area contributed by atoms with Gasteiger partial charge in [0.05, 0.1) is 0 Å². The first-order chi connectivity index (χ1) is 10.1. The van der Waals surface area contributed by atoms with Gasteiger partial charge < -0.3 is 10.5 Å². The van der Waals surface area contributed by atoms with E-state index in [1.165, 1.54) is 12.1 Å². The van der Waals surface area contributed by atoms with Crippen LogP contribution in [-0.4, -0.2) is 11.3 Å². The lowest BCUT2D eigenvalue weighted by atomic mass is 10.2. The standard InChI is InChI=1S/C15H14FN3OS/c16-13-5-1-12(2-6-13)10-20-14-7-3-11(4-8-14)9-18-19-15(17)21/h1-9H,10H2,(H3,17,19,21)/p+1. The number of benzene rings is 2. The van der Waals surface area contributed by atoms with E-state index in [9.17, 15) is 4.39 Å². The number of halogens is 1. The largest absolute Gasteiger partial charge is 0.489 e. The molecule has 2 aromatic rings. The number of hydrazone groups is 1. The molecular weight excluding hydrogens is 289 g/mol. The normalized spacial score (nSPS) is 10.5. The first-order valence-corrected chi connectivity index (χ1v) is 6.66. The van der Waals surface area contributed by atoms with E-state index in [2.05, 4.69) is 22.7 Å². The summed E-state index contributed by atoms with van der Waals surface area (Å²) >= 11 is 4.66. The zero-order valence-electron chi connectivity index (χ0n) is 11.2. The van der Waals surface area contributed by atoms with Crippen molar-refractivity contribution in [2.45, 2.75) is 6.61 Å². The van der Waals surface area contributed by atoms with Crippen molar-refractivity contribution in [3.63, 3.8) is 0 Å². The zero-order chi connectivity index (χ0) is 15.1. The van der Waals surface area contributed by atoms with Gasteiger partial charge in [0.25, 0.3) is 0 Å². The van der Waals surface area contributed by atoms with Crippen molar-refractivity contribution in [1.29, 1.82) is 0 Å². The van der Waals surface area contributed by atoms with Crippen molar-refractivity contribution in [2.24, 2.45) is 5.73 Å². The minimum absolute atomic E-state index is 0.172. The second-order valence-corrected chi connectivity index (χ2v) is 4.70. The fourth-order valence-corrected chi connectivity index (χ4v) is 1.66. The monoisotopic (exact) mass is 304 g/mol. The first kappa shape index (κ1) is 14.9. The van der Waals surface area contributed by atoms with Crippen LogP contribution in [0.2, 0.25) is 0 Å². The number of nitrogens with one attached hydrogen (secondary N) is 2. The maximum Gasteiger partial charge on any atom is 0.221 e. The molecule has 108 valence electrons. The van der Waals surface area contributed by atoms with Crippen molar-refractivity contribution in [3.8, 4) is 5.75 Å². The molecule has 0 amide bonds. The third kappa shape index (κ3) is 5.19. The molecule has 0 aromatic heterocycles. The minimum Gasteiger partial charge on any atom is -0.489 e. The number of hydrogen-bond donors (Lipinski definition) is 3. The molecule has 0 bridgehead atoms. The third-order valence-electron chi connectivity index (χ3n) is 2.63. The maximum absolute atomic E-state index is 12.8. The molecule has 4 N–H and O–H groups in total. The van der Waals surface area contributed by atoms with Crippen LogP contribution in [0.25, 0.3) is 0 Å². The number of thiocarbonyl (C=S) groups is 1. The van der Waals surface area contributed by atoms with Gasteiger partial charge in [0, 0.05) is 5.56 Å². The lowest BCUT2D eigenvalue weighted by Crippen LogP contribution is -2.82. The second kappa shape index (κ2) is 7.35. The van der Waals surface area contributed by atoms with E-state index in [-0.39, 0.29) is 10.9 Å². The first-order valence-electron chi connectivity index (χ1n) is 6.25. The van der Waals surface area contributed by atoms with E-state index in [0.717, 1.165) is 16.9 Å². The highest BCUT2D eigenvalue weighted by Gasteiger charge is 1.98. The molecule has 21 heavy (non-hydrogen) atoms. The van der Waals surface area contributed by atoms with Crippen LogP contribution in [0.1, 0.15) is 11.1 Å². The summed E-state index contributed by atoms with van der Waals surface area (Å²) in [4.78, 5) is 0. The Hall–Kier alpha value is -2.47. The highest BCUT2D eigenvalue weighted by atomic mass is 32.1. The summed E-state index contributed by atoms with van der Waals surface area (Å²) in [7, 11) is 0. The number of rotatable bonds is 5. The number of ether oxygens (including phenoxy) is 1. The van der Waals surface area contributed by atoms with Crippen LogP contribution >= 0.6 is 12.2 Å². The fraction of sp³-hybridized carbons (Fsp3) is 0.0667. The van der Waals surface area contributed by atoms with Crippen LogP contribution < -0.4 is 21.0 Å². The van der Waals surface area contributed by atoms with Crippen LogP contribution in [-0.2, 0) is 6.61 Å². The highest BCUT2D eigenvalue weighted by molar-refractivity contribution is 7.80. The zero-order valence-corrected chi connectivity index (χ0v) is 12.0. The van der Waals surface area contributed by atoms with Crippen molar-refractivity contribution >= 4 is 23.5 Å². The van der Waals surface area contributed by atoms with Crippen molar-refractivity contribution in [3.05, 3.63) is 65.5 Å². The molecule has 0 aliphatic heterocycles. The molecular formula is C15H15FN3OS+. The highest BCUT2D eigenvalue weighted by Crippen LogP contribution is 2.13. The molecule has 0 heterocycles. The Morgan fingerprint density at radius 1 is 1.19 bits per heavy atom. The van der Waals surface area contributed by atoms with Gasteiger partial charge in [-0.15, -0.1) is 10.5 Å². The van der Waals surface area contributed by atoms with Crippen LogP contribution in [0.4, 0.5) is 4.39 Å². The molecule has 0 saturated heterocycles. The predicted molar refractivity (Wildman–Crippen MR) is 83.2 cm³/mol. The minimum atomic E-state index is -0.253. The van der Waals surface area contributed by atoms with E-state index >= 15 is 0 Å². The number of nitrogens with two attached hydrogens (primary N) is 1. The van der Waals surface area contributed by atoms with Crippen molar-refractivity contribution in [2.75, 3.05) is 0 Å². The Balaban J connectivity index is 1.88. The summed E-state index contributed by atoms with van der Waals surface area (Å²) in [5.74, 6) is 0.482. The molecule has 0 aliphatic carbocycles. The van der Waals surface area contributed by atoms with E-state index in [1.807, 2.05) is 24.3 Å². The lowest BCUT2D eigenvalue weighted by molar-refractivity contribution is -0.499. The van der Waals surface area contributed by atoms with Gasteiger partial charge in [0.15, 0.2) is 6.21 Å². The van der Waals surface area contributed by atoms with Gasteiger partial charge in [0.1, 0.15) is 18.2 Å². The summed E-state index contributed by atoms with van der Waals surface area (Å²) in [5, 5.41) is 2.94. The van der Waals surface area contributed by atoms with Gasteiger partial charge in [-0.25, -0.2) is 4.39 Å². The van der Waals surface area contributed by atoms with Gasteiger partial charge >= 0.3 is 0 Å². The van der Waals surface area contributed by atoms with Gasteiger partial charge in [-0.1, -0.05) is 12.1 Å². The molecule has 0 saturated carbocycles. The number of hydrazine groups is 1. The number of hydrogen-bond acceptors (Lipinski definition) is 2. The Kier molecular flexibility index (Phi) is 5.22. The predicted octanol–water partition coefficient (Wildman–Crippen LogP) is 0.652. The Morgan fingerprint density at radius 3 is 2.48 bits per heavy atom. The Morgan fingerprint density at radius 2 is 1.86 bits per heavy atom. The lowest BCUT2D eigenvalue weighted by Gasteiger charge is -2.06.